The first kappa shape index (κ1) is 54.1. The third-order valence-electron chi connectivity index (χ3n) is 9.01. The molecule has 3 aromatic carbocycles. The number of hydrogen-bond acceptors (Lipinski definition) is 9. The first-order valence-corrected chi connectivity index (χ1v) is 18.1. The van der Waals surface area contributed by atoms with Crippen molar-refractivity contribution in [1.82, 2.24) is 0 Å². The summed E-state index contributed by atoms with van der Waals surface area (Å²) in [6, 6.07) is 10.1. The van der Waals surface area contributed by atoms with Gasteiger partial charge in [-0.05, 0) is 67.4 Å². The number of hydrogen-bond donors (Lipinski definition) is 3. The molecule has 5 N–H and O–H groups in total. The minimum Gasteiger partial charge on any atom is -0.545 e. The topological polar surface area (TPSA) is 213 Å². The molecule has 3 aromatic rings. The van der Waals surface area contributed by atoms with Gasteiger partial charge in [0.15, 0.2) is 0 Å². The zero-order valence-corrected chi connectivity index (χ0v) is 38.0. The molecule has 0 heterocycles. The molecule has 0 unspecified atom stereocenters. The molecule has 0 aromatic heterocycles. The van der Waals surface area contributed by atoms with Gasteiger partial charge in [-0.15, -0.1) is 0 Å². The standard InChI is InChI=1S/3C15H22O3.Al.H2O/c3*1-14(2,3)9-7-10(13(17)18)12(16)11(8-9)15(4,5)6;;/h3*7-8,16H,1-6H3,(H,17,18);;1H2/q;;;+3;/p-3. The third kappa shape index (κ3) is 14.2. The number of benzene rings is 3. The summed E-state index contributed by atoms with van der Waals surface area (Å²) in [5, 5.41) is 63.5. The van der Waals surface area contributed by atoms with Crippen molar-refractivity contribution in [2.24, 2.45) is 0 Å². The van der Waals surface area contributed by atoms with Gasteiger partial charge in [-0.2, -0.15) is 0 Å². The van der Waals surface area contributed by atoms with Gasteiger partial charge >= 0.3 is 17.4 Å². The predicted molar refractivity (Wildman–Crippen MR) is 219 cm³/mol. The van der Waals surface area contributed by atoms with Gasteiger partial charge in [-0.3, -0.25) is 0 Å². The summed E-state index contributed by atoms with van der Waals surface area (Å²) in [5.74, 6) is -4.58. The number of aromatic hydroxyl groups is 3. The number of carboxylic acids is 3. The molecule has 0 aliphatic rings. The number of aromatic carboxylic acids is 3. The van der Waals surface area contributed by atoms with Crippen molar-refractivity contribution in [1.29, 1.82) is 0 Å². The molecule has 0 aliphatic carbocycles. The van der Waals surface area contributed by atoms with Crippen LogP contribution < -0.4 is 15.3 Å². The Morgan fingerprint density at radius 2 is 0.536 bits per heavy atom. The number of carbonyl (C=O) groups is 3. The van der Waals surface area contributed by atoms with E-state index in [4.69, 9.17) is 0 Å². The maximum Gasteiger partial charge on any atom is 3.00 e. The van der Waals surface area contributed by atoms with Crippen LogP contribution in [-0.2, 0) is 32.5 Å². The molecular weight excluding hydrogens is 727 g/mol. The first-order valence-electron chi connectivity index (χ1n) is 18.1. The summed E-state index contributed by atoms with van der Waals surface area (Å²) < 4.78 is 0. The van der Waals surface area contributed by atoms with Crippen LogP contribution in [0.4, 0.5) is 0 Å². The van der Waals surface area contributed by atoms with Crippen LogP contribution in [0.2, 0.25) is 0 Å². The van der Waals surface area contributed by atoms with Crippen molar-refractivity contribution in [3.8, 4) is 17.2 Å². The second-order valence-corrected chi connectivity index (χ2v) is 20.1. The number of carboxylic acid groups (broad SMARTS) is 3. The van der Waals surface area contributed by atoms with E-state index in [0.29, 0.717) is 16.7 Å². The maximum atomic E-state index is 11.1. The Bertz CT molecular complexity index is 1650. The molecule has 10 nitrogen and oxygen atoms in total. The molecule has 0 atom stereocenters. The minimum atomic E-state index is -1.34. The van der Waals surface area contributed by atoms with E-state index < -0.39 is 17.9 Å². The van der Waals surface area contributed by atoms with Crippen molar-refractivity contribution in [3.05, 3.63) is 86.5 Å². The van der Waals surface area contributed by atoms with Crippen molar-refractivity contribution in [2.45, 2.75) is 157 Å². The molecule has 0 radical (unpaired) electrons. The molecule has 11 heteroatoms. The minimum absolute atomic E-state index is 0. The van der Waals surface area contributed by atoms with Crippen molar-refractivity contribution in [3.63, 3.8) is 0 Å². The van der Waals surface area contributed by atoms with E-state index in [9.17, 15) is 45.0 Å². The second kappa shape index (κ2) is 18.5. The molecule has 0 saturated heterocycles. The third-order valence-corrected chi connectivity index (χ3v) is 9.01. The van der Waals surface area contributed by atoms with E-state index in [2.05, 4.69) is 0 Å². The number of carbonyl (C=O) groups excluding carboxylic acids is 3. The average molecular weight is 793 g/mol. The number of phenols is 3. The van der Waals surface area contributed by atoms with Gasteiger partial charge in [0.25, 0.3) is 0 Å². The summed E-state index contributed by atoms with van der Waals surface area (Å²) in [6.45, 7) is 35.5. The van der Waals surface area contributed by atoms with Crippen molar-refractivity contribution < 1.29 is 50.5 Å². The van der Waals surface area contributed by atoms with Crippen molar-refractivity contribution in [2.75, 3.05) is 0 Å². The van der Waals surface area contributed by atoms with Gasteiger partial charge in [0.05, 0.1) is 17.9 Å². The fourth-order valence-corrected chi connectivity index (χ4v) is 5.38. The molecule has 308 valence electrons. The van der Waals surface area contributed by atoms with E-state index in [1.807, 2.05) is 143 Å². The van der Waals surface area contributed by atoms with E-state index in [1.54, 1.807) is 0 Å². The van der Waals surface area contributed by atoms with E-state index >= 15 is 0 Å². The van der Waals surface area contributed by atoms with Crippen LogP contribution in [0.3, 0.4) is 0 Å². The van der Waals surface area contributed by atoms with E-state index in [0.717, 1.165) is 16.7 Å². The zero-order chi connectivity index (χ0) is 42.9. The molecule has 0 fully saturated rings. The fourth-order valence-electron chi connectivity index (χ4n) is 5.38. The van der Waals surface area contributed by atoms with Crippen LogP contribution in [0.25, 0.3) is 0 Å². The van der Waals surface area contributed by atoms with E-state index in [-0.39, 0.29) is 89.3 Å². The second-order valence-electron chi connectivity index (χ2n) is 20.1. The van der Waals surface area contributed by atoms with Crippen LogP contribution in [0.5, 0.6) is 17.2 Å². The van der Waals surface area contributed by atoms with Gasteiger partial charge in [-0.1, -0.05) is 143 Å². The van der Waals surface area contributed by atoms with Gasteiger partial charge in [0.1, 0.15) is 17.2 Å². The van der Waals surface area contributed by atoms with Gasteiger partial charge < -0.3 is 50.5 Å². The zero-order valence-electron chi connectivity index (χ0n) is 36.8. The smallest absolute Gasteiger partial charge is 0.545 e. The fraction of sp³-hybridized carbons (Fsp3) is 0.533. The molecule has 0 saturated carbocycles. The Hall–Kier alpha value is -4.04. The predicted octanol–water partition coefficient (Wildman–Crippen LogP) is 5.85. The van der Waals surface area contributed by atoms with E-state index in [1.165, 1.54) is 18.2 Å². The van der Waals surface area contributed by atoms with Crippen LogP contribution in [0.1, 0.15) is 189 Å². The average Bonchev–Trinajstić information content (AvgIpc) is 2.94. The largest absolute Gasteiger partial charge is 3.00 e. The Labute approximate surface area is 345 Å². The number of rotatable bonds is 3. The summed E-state index contributed by atoms with van der Waals surface area (Å²) in [7, 11) is 0. The van der Waals surface area contributed by atoms with Crippen LogP contribution in [0, 0.1) is 0 Å². The summed E-state index contributed by atoms with van der Waals surface area (Å²) in [5.41, 5.74) is 2.62. The molecule has 0 aliphatic heterocycles. The summed E-state index contributed by atoms with van der Waals surface area (Å²) in [6.07, 6.45) is 0. The monoisotopic (exact) mass is 792 g/mol. The summed E-state index contributed by atoms with van der Waals surface area (Å²) in [4.78, 5) is 33.3. The Kier molecular flexibility index (Phi) is 17.8. The first-order chi connectivity index (χ1) is 23.8. The van der Waals surface area contributed by atoms with Gasteiger partial charge in [0.2, 0.25) is 0 Å². The molecule has 0 amide bonds. The Morgan fingerprint density at radius 3 is 0.643 bits per heavy atom. The molecule has 3 rings (SSSR count). The molecule has 0 bridgehead atoms. The molecular formula is C45H65AlO10. The van der Waals surface area contributed by atoms with Gasteiger partial charge in [-0.25, -0.2) is 0 Å². The van der Waals surface area contributed by atoms with Gasteiger partial charge in [0, 0.05) is 33.4 Å². The van der Waals surface area contributed by atoms with Crippen molar-refractivity contribution >= 4 is 35.3 Å². The maximum absolute atomic E-state index is 11.1. The Balaban J connectivity index is 0. The Morgan fingerprint density at radius 1 is 0.375 bits per heavy atom. The quantitative estimate of drug-likeness (QED) is 0.271. The van der Waals surface area contributed by atoms with Crippen LogP contribution >= 0.6 is 0 Å². The molecule has 56 heavy (non-hydrogen) atoms. The van der Waals surface area contributed by atoms with Crippen LogP contribution in [-0.4, -0.2) is 56.1 Å². The summed E-state index contributed by atoms with van der Waals surface area (Å²) >= 11 is 0. The molecule has 0 spiro atoms. The normalized spacial score (nSPS) is 12.1. The SMILES string of the molecule is CC(C)(C)c1cc(C(=O)[O-])c(O)c(C(C)(C)C)c1.CC(C)(C)c1cc(C(=O)[O-])c(O)c(C(C)(C)C)c1.CC(C)(C)c1cc(C(=O)[O-])c(O)c(C(C)(C)C)c1.O.[Al+3]. The van der Waals surface area contributed by atoms with Crippen LogP contribution in [0.15, 0.2) is 36.4 Å².